The second-order valence-corrected chi connectivity index (χ2v) is 7.69. The molecule has 2 amide bonds. The van der Waals surface area contributed by atoms with E-state index in [2.05, 4.69) is 0 Å². The second-order valence-electron chi connectivity index (χ2n) is 6.18. The standard InChI is InChI=1S/C14H24BNO2S/c1-10(2)15-16-13(17)9-12(14(16)18)19-11-7-5-3-4-6-8-11/h10-12,15H,3-9H2,1-2H3. The zero-order valence-corrected chi connectivity index (χ0v) is 12.9. The van der Waals surface area contributed by atoms with Gasteiger partial charge >= 0.3 is 0 Å². The van der Waals surface area contributed by atoms with Crippen LogP contribution >= 0.6 is 11.8 Å². The summed E-state index contributed by atoms with van der Waals surface area (Å²) in [6.07, 6.45) is 8.07. The first kappa shape index (κ1) is 15.0. The van der Waals surface area contributed by atoms with Gasteiger partial charge in [-0.2, -0.15) is 0 Å². The first-order chi connectivity index (χ1) is 9.08. The molecular weight excluding hydrogens is 257 g/mol. The molecular formula is C14H24BNO2S. The Bertz CT molecular complexity index is 340. The van der Waals surface area contributed by atoms with Crippen molar-refractivity contribution in [1.82, 2.24) is 4.81 Å². The van der Waals surface area contributed by atoms with Crippen LogP contribution in [0.5, 0.6) is 0 Å². The molecule has 0 spiro atoms. The molecule has 1 saturated heterocycles. The van der Waals surface area contributed by atoms with Crippen LogP contribution < -0.4 is 0 Å². The number of imide groups is 1. The van der Waals surface area contributed by atoms with Crippen molar-refractivity contribution in [2.75, 3.05) is 0 Å². The van der Waals surface area contributed by atoms with E-state index < -0.39 is 0 Å². The molecule has 1 unspecified atom stereocenters. The molecule has 0 radical (unpaired) electrons. The maximum absolute atomic E-state index is 12.3. The molecule has 1 saturated carbocycles. The van der Waals surface area contributed by atoms with Crippen LogP contribution in [0.4, 0.5) is 0 Å². The van der Waals surface area contributed by atoms with E-state index >= 15 is 0 Å². The Morgan fingerprint density at radius 3 is 2.37 bits per heavy atom. The number of carbonyl (C=O) groups excluding carboxylic acids is 2. The minimum Gasteiger partial charge on any atom is -0.332 e. The molecule has 1 aliphatic heterocycles. The van der Waals surface area contributed by atoms with E-state index in [-0.39, 0.29) is 17.1 Å². The van der Waals surface area contributed by atoms with Gasteiger partial charge in [0.2, 0.25) is 11.8 Å². The van der Waals surface area contributed by atoms with E-state index in [0.29, 0.717) is 24.9 Å². The summed E-state index contributed by atoms with van der Waals surface area (Å²) < 4.78 is 0. The van der Waals surface area contributed by atoms with Gasteiger partial charge in [-0.15, -0.1) is 11.8 Å². The van der Waals surface area contributed by atoms with Gasteiger partial charge in [0.25, 0.3) is 7.41 Å². The summed E-state index contributed by atoms with van der Waals surface area (Å²) in [7, 11) is 0.583. The molecule has 5 heteroatoms. The van der Waals surface area contributed by atoms with Crippen molar-refractivity contribution >= 4 is 31.0 Å². The zero-order valence-electron chi connectivity index (χ0n) is 12.1. The lowest BCUT2D eigenvalue weighted by atomic mass is 9.76. The van der Waals surface area contributed by atoms with Gasteiger partial charge in [0.1, 0.15) is 0 Å². The average molecular weight is 281 g/mol. The highest BCUT2D eigenvalue weighted by molar-refractivity contribution is 8.01. The number of thioether (sulfide) groups is 1. The van der Waals surface area contributed by atoms with E-state index in [1.54, 1.807) is 11.8 Å². The Kier molecular flexibility index (Phi) is 5.37. The molecule has 0 aromatic carbocycles. The molecule has 1 heterocycles. The topological polar surface area (TPSA) is 37.4 Å². The smallest absolute Gasteiger partial charge is 0.252 e. The van der Waals surface area contributed by atoms with Gasteiger partial charge in [-0.3, -0.25) is 9.59 Å². The maximum Gasteiger partial charge on any atom is 0.252 e. The normalized spacial score (nSPS) is 26.1. The lowest BCUT2D eigenvalue weighted by molar-refractivity contribution is -0.132. The Hall–Kier alpha value is -0.445. The molecule has 0 aromatic heterocycles. The summed E-state index contributed by atoms with van der Waals surface area (Å²) in [5.41, 5.74) is 0. The van der Waals surface area contributed by atoms with E-state index in [1.807, 2.05) is 13.8 Å². The Morgan fingerprint density at radius 2 is 1.79 bits per heavy atom. The molecule has 0 bridgehead atoms. The fourth-order valence-electron chi connectivity index (χ4n) is 2.93. The van der Waals surface area contributed by atoms with Gasteiger partial charge in [-0.05, 0) is 12.8 Å². The van der Waals surface area contributed by atoms with Gasteiger partial charge in [0, 0.05) is 11.7 Å². The van der Waals surface area contributed by atoms with Crippen LogP contribution in [-0.2, 0) is 9.59 Å². The number of nitrogens with zero attached hydrogens (tertiary/aromatic N) is 1. The van der Waals surface area contributed by atoms with Crippen molar-refractivity contribution < 1.29 is 9.59 Å². The van der Waals surface area contributed by atoms with Gasteiger partial charge in [0.15, 0.2) is 0 Å². The number of amides is 2. The molecule has 2 rings (SSSR count). The van der Waals surface area contributed by atoms with Crippen LogP contribution in [0.2, 0.25) is 5.82 Å². The second kappa shape index (κ2) is 6.82. The molecule has 3 nitrogen and oxygen atoms in total. The quantitative estimate of drug-likeness (QED) is 0.452. The number of rotatable bonds is 4. The number of hydrogen-bond donors (Lipinski definition) is 0. The molecule has 2 aliphatic rings. The third kappa shape index (κ3) is 4.01. The number of hydrogen-bond acceptors (Lipinski definition) is 3. The lowest BCUT2D eigenvalue weighted by Gasteiger charge is -2.19. The van der Waals surface area contributed by atoms with E-state index in [9.17, 15) is 9.59 Å². The van der Waals surface area contributed by atoms with Gasteiger partial charge < -0.3 is 4.81 Å². The predicted octanol–water partition coefficient (Wildman–Crippen LogP) is 2.75. The van der Waals surface area contributed by atoms with Crippen LogP contribution in [0.1, 0.15) is 58.8 Å². The Morgan fingerprint density at radius 1 is 1.16 bits per heavy atom. The highest BCUT2D eigenvalue weighted by atomic mass is 32.2. The Labute approximate surface area is 121 Å². The fraction of sp³-hybridized carbons (Fsp3) is 0.857. The van der Waals surface area contributed by atoms with Crippen LogP contribution in [0.15, 0.2) is 0 Å². The first-order valence-electron chi connectivity index (χ1n) is 7.57. The van der Waals surface area contributed by atoms with Gasteiger partial charge in [0.05, 0.1) is 5.25 Å². The van der Waals surface area contributed by atoms with Crippen molar-refractivity contribution in [3.63, 3.8) is 0 Å². The highest BCUT2D eigenvalue weighted by Gasteiger charge is 2.40. The molecule has 0 aromatic rings. The molecule has 106 valence electrons. The lowest BCUT2D eigenvalue weighted by Crippen LogP contribution is -2.36. The van der Waals surface area contributed by atoms with Crippen LogP contribution in [0.3, 0.4) is 0 Å². The zero-order chi connectivity index (χ0) is 13.8. The average Bonchev–Trinajstić information content (AvgIpc) is 2.59. The number of carbonyl (C=O) groups is 2. The summed E-state index contributed by atoms with van der Waals surface area (Å²) in [6, 6.07) is 0. The van der Waals surface area contributed by atoms with Crippen molar-refractivity contribution in [3.8, 4) is 0 Å². The molecule has 1 aliphatic carbocycles. The molecule has 0 N–H and O–H groups in total. The largest absolute Gasteiger partial charge is 0.332 e. The minimum absolute atomic E-state index is 0.0322. The minimum atomic E-state index is -0.102. The summed E-state index contributed by atoms with van der Waals surface area (Å²) in [5, 5.41) is 0.484. The van der Waals surface area contributed by atoms with E-state index in [4.69, 9.17) is 0 Å². The van der Waals surface area contributed by atoms with Crippen LogP contribution in [-0.4, -0.2) is 34.5 Å². The summed E-state index contributed by atoms with van der Waals surface area (Å²) in [4.78, 5) is 25.7. The maximum atomic E-state index is 12.3. The monoisotopic (exact) mass is 281 g/mol. The third-order valence-electron chi connectivity index (χ3n) is 3.91. The highest BCUT2D eigenvalue weighted by Crippen LogP contribution is 2.35. The third-order valence-corrected chi connectivity index (χ3v) is 5.46. The van der Waals surface area contributed by atoms with Crippen LogP contribution in [0, 0.1) is 0 Å². The summed E-state index contributed by atoms with van der Waals surface area (Å²) >= 11 is 1.77. The van der Waals surface area contributed by atoms with Crippen molar-refractivity contribution in [1.29, 1.82) is 0 Å². The summed E-state index contributed by atoms with van der Waals surface area (Å²) in [6.45, 7) is 4.10. The summed E-state index contributed by atoms with van der Waals surface area (Å²) in [5.74, 6) is 0.451. The Balaban J connectivity index is 1.90. The van der Waals surface area contributed by atoms with E-state index in [0.717, 1.165) is 0 Å². The first-order valence-corrected chi connectivity index (χ1v) is 8.52. The predicted molar refractivity (Wildman–Crippen MR) is 81.6 cm³/mol. The van der Waals surface area contributed by atoms with Gasteiger partial charge in [-0.1, -0.05) is 45.3 Å². The van der Waals surface area contributed by atoms with Crippen molar-refractivity contribution in [3.05, 3.63) is 0 Å². The van der Waals surface area contributed by atoms with Crippen LogP contribution in [0.25, 0.3) is 0 Å². The SMILES string of the molecule is CC(C)BN1C(=O)CC(SC2CCCCCC2)C1=O. The van der Waals surface area contributed by atoms with Crippen molar-refractivity contribution in [2.45, 2.75) is 75.1 Å². The molecule has 19 heavy (non-hydrogen) atoms. The molecule has 2 fully saturated rings. The van der Waals surface area contributed by atoms with Gasteiger partial charge in [-0.25, -0.2) is 0 Å². The molecule has 1 atom stereocenters. The van der Waals surface area contributed by atoms with E-state index in [1.165, 1.54) is 43.3 Å². The van der Waals surface area contributed by atoms with Crippen molar-refractivity contribution in [2.24, 2.45) is 0 Å². The fourth-order valence-corrected chi connectivity index (χ4v) is 4.48.